The highest BCUT2D eigenvalue weighted by Crippen LogP contribution is 2.29. The molecule has 1 fully saturated rings. The number of aromatic nitrogens is 1. The van der Waals surface area contributed by atoms with Crippen LogP contribution in [0.3, 0.4) is 0 Å². The molecule has 122 valence electrons. The molecule has 1 saturated heterocycles. The molecule has 2 heterocycles. The number of hydrogen-bond acceptors (Lipinski definition) is 4. The Kier molecular flexibility index (Phi) is 4.26. The van der Waals surface area contributed by atoms with Crippen molar-refractivity contribution < 1.29 is 14.6 Å². The van der Waals surface area contributed by atoms with Crippen LogP contribution in [0.5, 0.6) is 0 Å². The molecule has 0 aliphatic carbocycles. The number of benzene rings is 2. The maximum absolute atomic E-state index is 10.5. The standard InChI is InChI=1S/C20H19NO3/c22-19(18-3-1-8-21-13-18)16-6-4-15-12-17(7-5-14(15)11-16)20-23-9-2-10-24-20/h1,3-8,11-13,19-20,22H,2,9-10H2/t19-/m0/s1. The van der Waals surface area contributed by atoms with E-state index >= 15 is 0 Å². The van der Waals surface area contributed by atoms with Gasteiger partial charge in [-0.3, -0.25) is 4.98 Å². The normalized spacial score (nSPS) is 17.0. The highest BCUT2D eigenvalue weighted by Gasteiger charge is 2.17. The fourth-order valence-corrected chi connectivity index (χ4v) is 3.01. The van der Waals surface area contributed by atoms with Crippen LogP contribution < -0.4 is 0 Å². The predicted octanol–water partition coefficient (Wildman–Crippen LogP) is 3.75. The Labute approximate surface area is 140 Å². The van der Waals surface area contributed by atoms with Gasteiger partial charge in [-0.25, -0.2) is 0 Å². The van der Waals surface area contributed by atoms with Gasteiger partial charge in [0.15, 0.2) is 6.29 Å². The van der Waals surface area contributed by atoms with Crippen LogP contribution >= 0.6 is 0 Å². The van der Waals surface area contributed by atoms with Gasteiger partial charge in [0.05, 0.1) is 13.2 Å². The van der Waals surface area contributed by atoms with Crippen molar-refractivity contribution in [1.82, 2.24) is 4.98 Å². The maximum Gasteiger partial charge on any atom is 0.183 e. The molecule has 1 N–H and O–H groups in total. The molecule has 4 nitrogen and oxygen atoms in total. The van der Waals surface area contributed by atoms with Gasteiger partial charge < -0.3 is 14.6 Å². The zero-order chi connectivity index (χ0) is 16.4. The first-order chi connectivity index (χ1) is 11.8. The Bertz CT molecular complexity index is 829. The van der Waals surface area contributed by atoms with Crippen LogP contribution in [0.15, 0.2) is 60.9 Å². The minimum Gasteiger partial charge on any atom is -0.384 e. The summed E-state index contributed by atoms with van der Waals surface area (Å²) in [5, 5.41) is 12.7. The Morgan fingerprint density at radius 1 is 0.958 bits per heavy atom. The first kappa shape index (κ1) is 15.3. The molecule has 0 spiro atoms. The summed E-state index contributed by atoms with van der Waals surface area (Å²) < 4.78 is 11.3. The van der Waals surface area contributed by atoms with Crippen LogP contribution in [0.25, 0.3) is 10.8 Å². The fraction of sp³-hybridized carbons (Fsp3) is 0.250. The van der Waals surface area contributed by atoms with Gasteiger partial charge in [-0.05, 0) is 41.0 Å². The van der Waals surface area contributed by atoms with Crippen LogP contribution in [0.1, 0.15) is 35.5 Å². The van der Waals surface area contributed by atoms with Crippen LogP contribution in [0, 0.1) is 0 Å². The van der Waals surface area contributed by atoms with Crippen LogP contribution in [0.2, 0.25) is 0 Å². The molecule has 1 aliphatic rings. The van der Waals surface area contributed by atoms with E-state index in [1.165, 1.54) is 0 Å². The number of pyridine rings is 1. The molecule has 24 heavy (non-hydrogen) atoms. The summed E-state index contributed by atoms with van der Waals surface area (Å²) in [4.78, 5) is 4.07. The fourth-order valence-electron chi connectivity index (χ4n) is 3.01. The second kappa shape index (κ2) is 6.69. The van der Waals surface area contributed by atoms with Gasteiger partial charge >= 0.3 is 0 Å². The molecule has 4 heteroatoms. The van der Waals surface area contributed by atoms with Crippen molar-refractivity contribution in [2.75, 3.05) is 13.2 Å². The van der Waals surface area contributed by atoms with Crippen molar-refractivity contribution in [3.05, 3.63) is 77.6 Å². The predicted molar refractivity (Wildman–Crippen MR) is 91.5 cm³/mol. The zero-order valence-electron chi connectivity index (χ0n) is 13.3. The summed E-state index contributed by atoms with van der Waals surface area (Å²) in [6.07, 6.45) is 3.39. The van der Waals surface area contributed by atoms with E-state index < -0.39 is 6.10 Å². The Morgan fingerprint density at radius 2 is 1.75 bits per heavy atom. The van der Waals surface area contributed by atoms with E-state index in [0.717, 1.165) is 47.1 Å². The Morgan fingerprint density at radius 3 is 2.54 bits per heavy atom. The van der Waals surface area contributed by atoms with E-state index in [2.05, 4.69) is 11.1 Å². The SMILES string of the molecule is O[C@H](c1cccnc1)c1ccc2cc(C3OCCCO3)ccc2c1. The minimum atomic E-state index is -0.673. The summed E-state index contributed by atoms with van der Waals surface area (Å²) in [5.41, 5.74) is 2.67. The van der Waals surface area contributed by atoms with E-state index in [9.17, 15) is 5.11 Å². The average Bonchev–Trinajstić information content (AvgIpc) is 2.68. The second-order valence-electron chi connectivity index (χ2n) is 5.98. The number of ether oxygens (including phenoxy) is 2. The van der Waals surface area contributed by atoms with Crippen molar-refractivity contribution in [3.63, 3.8) is 0 Å². The van der Waals surface area contributed by atoms with E-state index in [1.807, 2.05) is 42.5 Å². The lowest BCUT2D eigenvalue weighted by Gasteiger charge is -2.23. The lowest BCUT2D eigenvalue weighted by molar-refractivity contribution is -0.182. The molecule has 4 rings (SSSR count). The molecule has 0 unspecified atom stereocenters. The second-order valence-corrected chi connectivity index (χ2v) is 5.98. The summed E-state index contributed by atoms with van der Waals surface area (Å²) in [5.74, 6) is 0. The van der Waals surface area contributed by atoms with Crippen LogP contribution in [-0.4, -0.2) is 23.3 Å². The van der Waals surface area contributed by atoms with E-state index in [1.54, 1.807) is 12.4 Å². The monoisotopic (exact) mass is 321 g/mol. The number of rotatable bonds is 3. The number of aliphatic hydroxyl groups is 1. The van der Waals surface area contributed by atoms with Crippen molar-refractivity contribution in [2.24, 2.45) is 0 Å². The maximum atomic E-state index is 10.5. The van der Waals surface area contributed by atoms with E-state index in [0.29, 0.717) is 0 Å². The molecule has 2 aromatic carbocycles. The van der Waals surface area contributed by atoms with Gasteiger partial charge in [-0.15, -0.1) is 0 Å². The molecule has 3 aromatic rings. The van der Waals surface area contributed by atoms with Gasteiger partial charge in [0.25, 0.3) is 0 Å². The first-order valence-corrected chi connectivity index (χ1v) is 8.16. The topological polar surface area (TPSA) is 51.6 Å². The van der Waals surface area contributed by atoms with Gasteiger partial charge in [-0.2, -0.15) is 0 Å². The first-order valence-electron chi connectivity index (χ1n) is 8.16. The number of nitrogens with zero attached hydrogens (tertiary/aromatic N) is 1. The third-order valence-electron chi connectivity index (χ3n) is 4.30. The molecule has 0 bridgehead atoms. The summed E-state index contributed by atoms with van der Waals surface area (Å²) in [6.45, 7) is 1.47. The van der Waals surface area contributed by atoms with Crippen LogP contribution in [0.4, 0.5) is 0 Å². The number of hydrogen-bond donors (Lipinski definition) is 1. The third-order valence-corrected chi connectivity index (χ3v) is 4.30. The summed E-state index contributed by atoms with van der Waals surface area (Å²) in [6, 6.07) is 15.9. The quantitative estimate of drug-likeness (QED) is 0.798. The number of aliphatic hydroxyl groups excluding tert-OH is 1. The van der Waals surface area contributed by atoms with E-state index in [4.69, 9.17) is 9.47 Å². The largest absolute Gasteiger partial charge is 0.384 e. The highest BCUT2D eigenvalue weighted by atomic mass is 16.7. The van der Waals surface area contributed by atoms with E-state index in [-0.39, 0.29) is 6.29 Å². The lowest BCUT2D eigenvalue weighted by atomic mass is 9.98. The molecular formula is C20H19NO3. The third kappa shape index (κ3) is 3.04. The summed E-state index contributed by atoms with van der Waals surface area (Å²) >= 11 is 0. The van der Waals surface area contributed by atoms with Gasteiger partial charge in [0, 0.05) is 23.5 Å². The smallest absolute Gasteiger partial charge is 0.183 e. The highest BCUT2D eigenvalue weighted by molar-refractivity contribution is 5.84. The molecule has 0 radical (unpaired) electrons. The van der Waals surface area contributed by atoms with Gasteiger partial charge in [-0.1, -0.05) is 30.3 Å². The minimum absolute atomic E-state index is 0.274. The molecular weight excluding hydrogens is 302 g/mol. The molecule has 0 amide bonds. The lowest BCUT2D eigenvalue weighted by Crippen LogP contribution is -2.17. The average molecular weight is 321 g/mol. The molecule has 1 aromatic heterocycles. The zero-order valence-corrected chi connectivity index (χ0v) is 13.3. The van der Waals surface area contributed by atoms with Gasteiger partial charge in [0.1, 0.15) is 6.10 Å². The molecule has 0 saturated carbocycles. The molecule has 1 aliphatic heterocycles. The van der Waals surface area contributed by atoms with Crippen molar-refractivity contribution in [3.8, 4) is 0 Å². The summed E-state index contributed by atoms with van der Waals surface area (Å²) in [7, 11) is 0. The number of fused-ring (bicyclic) bond motifs is 1. The van der Waals surface area contributed by atoms with Crippen molar-refractivity contribution in [2.45, 2.75) is 18.8 Å². The van der Waals surface area contributed by atoms with Crippen molar-refractivity contribution in [1.29, 1.82) is 0 Å². The Hall–Kier alpha value is -2.27. The Balaban J connectivity index is 1.64. The van der Waals surface area contributed by atoms with Gasteiger partial charge in [0.2, 0.25) is 0 Å². The molecule has 1 atom stereocenters. The van der Waals surface area contributed by atoms with Crippen molar-refractivity contribution >= 4 is 10.8 Å². The van der Waals surface area contributed by atoms with Crippen LogP contribution in [-0.2, 0) is 9.47 Å².